The summed E-state index contributed by atoms with van der Waals surface area (Å²) in [6, 6.07) is 5.30. The maximum atomic E-state index is 14.0. The standard InChI is InChI=1S/C16H18FN3O3/c1-16(11-5-3-4-6-12(11)17)14(22)20(15(23)18-16)9-13(21)19(2)10-7-8-10/h3-6,10H,7-9H2,1-2H3,(H,18,23)/t16-/m1/s1. The van der Waals surface area contributed by atoms with Gasteiger partial charge in [0.25, 0.3) is 5.91 Å². The lowest BCUT2D eigenvalue weighted by Crippen LogP contribution is -2.44. The lowest BCUT2D eigenvalue weighted by molar-refractivity contribution is -0.138. The lowest BCUT2D eigenvalue weighted by Gasteiger charge is -2.23. The molecular formula is C16H18FN3O3. The third-order valence-electron chi connectivity index (χ3n) is 4.47. The maximum Gasteiger partial charge on any atom is 0.325 e. The van der Waals surface area contributed by atoms with E-state index in [-0.39, 0.29) is 24.1 Å². The molecule has 1 aliphatic carbocycles. The van der Waals surface area contributed by atoms with Crippen LogP contribution in [-0.4, -0.2) is 47.3 Å². The molecular weight excluding hydrogens is 301 g/mol. The highest BCUT2D eigenvalue weighted by atomic mass is 19.1. The van der Waals surface area contributed by atoms with Gasteiger partial charge in [0.2, 0.25) is 5.91 Å². The zero-order valence-corrected chi connectivity index (χ0v) is 13.0. The molecule has 1 aromatic rings. The smallest absolute Gasteiger partial charge is 0.325 e. The van der Waals surface area contributed by atoms with Crippen molar-refractivity contribution < 1.29 is 18.8 Å². The van der Waals surface area contributed by atoms with E-state index in [1.807, 2.05) is 0 Å². The van der Waals surface area contributed by atoms with Gasteiger partial charge in [-0.1, -0.05) is 18.2 Å². The van der Waals surface area contributed by atoms with Crippen LogP contribution in [0.15, 0.2) is 24.3 Å². The van der Waals surface area contributed by atoms with Gasteiger partial charge in [-0.05, 0) is 25.8 Å². The Hall–Kier alpha value is -2.44. The van der Waals surface area contributed by atoms with E-state index in [4.69, 9.17) is 0 Å². The molecule has 122 valence electrons. The molecule has 0 aromatic heterocycles. The van der Waals surface area contributed by atoms with Gasteiger partial charge in [0, 0.05) is 18.7 Å². The Morgan fingerprint density at radius 3 is 2.65 bits per heavy atom. The van der Waals surface area contributed by atoms with Gasteiger partial charge in [0.05, 0.1) is 0 Å². The van der Waals surface area contributed by atoms with E-state index in [9.17, 15) is 18.8 Å². The molecule has 0 radical (unpaired) electrons. The molecule has 1 N–H and O–H groups in total. The quantitative estimate of drug-likeness (QED) is 0.848. The highest BCUT2D eigenvalue weighted by Gasteiger charge is 2.51. The number of nitrogens with zero attached hydrogens (tertiary/aromatic N) is 2. The van der Waals surface area contributed by atoms with Crippen LogP contribution in [0.1, 0.15) is 25.3 Å². The molecule has 1 saturated carbocycles. The third-order valence-corrected chi connectivity index (χ3v) is 4.47. The predicted octanol–water partition coefficient (Wildman–Crippen LogP) is 1.21. The molecule has 0 unspecified atom stereocenters. The molecule has 1 saturated heterocycles. The van der Waals surface area contributed by atoms with Crippen molar-refractivity contribution in [3.8, 4) is 0 Å². The molecule has 0 spiro atoms. The van der Waals surface area contributed by atoms with Crippen LogP contribution in [0.3, 0.4) is 0 Å². The number of nitrogens with one attached hydrogen (secondary N) is 1. The minimum atomic E-state index is -1.50. The second kappa shape index (κ2) is 5.33. The largest absolute Gasteiger partial charge is 0.341 e. The highest BCUT2D eigenvalue weighted by Crippen LogP contribution is 2.31. The average molecular weight is 319 g/mol. The number of benzene rings is 1. The summed E-state index contributed by atoms with van der Waals surface area (Å²) in [6.45, 7) is 1.11. The number of imide groups is 1. The Morgan fingerprint density at radius 2 is 2.04 bits per heavy atom. The summed E-state index contributed by atoms with van der Waals surface area (Å²) in [4.78, 5) is 39.3. The molecule has 2 fully saturated rings. The van der Waals surface area contributed by atoms with Crippen LogP contribution in [0.4, 0.5) is 9.18 Å². The van der Waals surface area contributed by atoms with Crippen LogP contribution < -0.4 is 5.32 Å². The van der Waals surface area contributed by atoms with Gasteiger partial charge in [-0.15, -0.1) is 0 Å². The summed E-state index contributed by atoms with van der Waals surface area (Å²) >= 11 is 0. The molecule has 7 heteroatoms. The second-order valence-corrected chi connectivity index (χ2v) is 6.16. The minimum Gasteiger partial charge on any atom is -0.341 e. The summed E-state index contributed by atoms with van der Waals surface area (Å²) < 4.78 is 14.0. The normalized spacial score (nSPS) is 23.9. The fraction of sp³-hybridized carbons (Fsp3) is 0.438. The first-order valence-corrected chi connectivity index (χ1v) is 7.49. The molecule has 1 aromatic carbocycles. The molecule has 6 nitrogen and oxygen atoms in total. The Labute approximate surface area is 133 Å². The number of hydrogen-bond donors (Lipinski definition) is 1. The van der Waals surface area contributed by atoms with Gasteiger partial charge < -0.3 is 10.2 Å². The number of likely N-dealkylation sites (N-methyl/N-ethyl adjacent to an activating group) is 1. The SMILES string of the molecule is CN(C(=O)CN1C(=O)N[C@](C)(c2ccccc2F)C1=O)C1CC1. The number of halogens is 1. The first-order valence-electron chi connectivity index (χ1n) is 7.49. The lowest BCUT2D eigenvalue weighted by atomic mass is 9.91. The summed E-state index contributed by atoms with van der Waals surface area (Å²) in [5.74, 6) is -1.49. The molecule has 0 bridgehead atoms. The number of carbonyl (C=O) groups is 3. The molecule has 1 atom stereocenters. The van der Waals surface area contributed by atoms with Crippen molar-refractivity contribution in [3.63, 3.8) is 0 Å². The van der Waals surface area contributed by atoms with Crippen molar-refractivity contribution >= 4 is 17.8 Å². The van der Waals surface area contributed by atoms with E-state index < -0.39 is 23.3 Å². The number of amides is 4. The maximum absolute atomic E-state index is 14.0. The summed E-state index contributed by atoms with van der Waals surface area (Å²) in [7, 11) is 1.66. The van der Waals surface area contributed by atoms with Crippen LogP contribution in [-0.2, 0) is 15.1 Å². The van der Waals surface area contributed by atoms with E-state index in [1.165, 1.54) is 25.1 Å². The summed E-state index contributed by atoms with van der Waals surface area (Å²) in [5.41, 5.74) is -1.41. The molecule has 1 heterocycles. The average Bonchev–Trinajstić information content (AvgIpc) is 3.32. The fourth-order valence-electron chi connectivity index (χ4n) is 2.80. The van der Waals surface area contributed by atoms with Gasteiger partial charge in [-0.3, -0.25) is 14.5 Å². The van der Waals surface area contributed by atoms with Crippen LogP contribution in [0.2, 0.25) is 0 Å². The fourth-order valence-corrected chi connectivity index (χ4v) is 2.80. The van der Waals surface area contributed by atoms with Crippen LogP contribution in [0.25, 0.3) is 0 Å². The molecule has 3 rings (SSSR count). The number of rotatable bonds is 4. The summed E-state index contributed by atoms with van der Waals surface area (Å²) in [5, 5.41) is 2.50. The van der Waals surface area contributed by atoms with Crippen molar-refractivity contribution in [3.05, 3.63) is 35.6 Å². The van der Waals surface area contributed by atoms with Crippen molar-refractivity contribution in [1.82, 2.24) is 15.1 Å². The number of carbonyl (C=O) groups excluding carboxylic acids is 3. The van der Waals surface area contributed by atoms with Crippen molar-refractivity contribution in [2.45, 2.75) is 31.3 Å². The first-order chi connectivity index (χ1) is 10.8. The van der Waals surface area contributed by atoms with Crippen molar-refractivity contribution in [2.24, 2.45) is 0 Å². The van der Waals surface area contributed by atoms with Gasteiger partial charge in [-0.2, -0.15) is 0 Å². The van der Waals surface area contributed by atoms with E-state index in [0.29, 0.717) is 0 Å². The van der Waals surface area contributed by atoms with Gasteiger partial charge in [-0.25, -0.2) is 9.18 Å². The Kier molecular flexibility index (Phi) is 3.58. The Morgan fingerprint density at radius 1 is 1.39 bits per heavy atom. The number of urea groups is 1. The van der Waals surface area contributed by atoms with E-state index in [2.05, 4.69) is 5.32 Å². The zero-order valence-electron chi connectivity index (χ0n) is 13.0. The van der Waals surface area contributed by atoms with Crippen LogP contribution in [0.5, 0.6) is 0 Å². The molecule has 23 heavy (non-hydrogen) atoms. The summed E-state index contributed by atoms with van der Waals surface area (Å²) in [6.07, 6.45) is 1.88. The van der Waals surface area contributed by atoms with Crippen LogP contribution in [0, 0.1) is 5.82 Å². The van der Waals surface area contributed by atoms with Crippen molar-refractivity contribution in [1.29, 1.82) is 0 Å². The van der Waals surface area contributed by atoms with Gasteiger partial charge in [0.1, 0.15) is 17.9 Å². The molecule has 4 amide bonds. The second-order valence-electron chi connectivity index (χ2n) is 6.16. The van der Waals surface area contributed by atoms with E-state index in [1.54, 1.807) is 18.0 Å². The van der Waals surface area contributed by atoms with E-state index >= 15 is 0 Å². The van der Waals surface area contributed by atoms with E-state index in [0.717, 1.165) is 17.7 Å². The van der Waals surface area contributed by atoms with Gasteiger partial charge >= 0.3 is 6.03 Å². The molecule has 1 aliphatic heterocycles. The third kappa shape index (κ3) is 2.56. The monoisotopic (exact) mass is 319 g/mol. The molecule has 2 aliphatic rings. The Bertz CT molecular complexity index is 689. The topological polar surface area (TPSA) is 69.7 Å². The first kappa shape index (κ1) is 15.5. The Balaban J connectivity index is 1.82. The van der Waals surface area contributed by atoms with Crippen molar-refractivity contribution in [2.75, 3.05) is 13.6 Å². The van der Waals surface area contributed by atoms with Gasteiger partial charge in [0.15, 0.2) is 0 Å². The number of hydrogen-bond acceptors (Lipinski definition) is 3. The zero-order chi connectivity index (χ0) is 16.8. The highest BCUT2D eigenvalue weighted by molar-refractivity contribution is 6.09. The predicted molar refractivity (Wildman–Crippen MR) is 79.8 cm³/mol. The minimum absolute atomic E-state index is 0.0869. The van der Waals surface area contributed by atoms with Crippen LogP contribution >= 0.6 is 0 Å².